The predicted octanol–water partition coefficient (Wildman–Crippen LogP) is 3.39. The maximum atomic E-state index is 12.9. The number of likely N-dealkylation sites (tertiary alicyclic amines) is 1. The monoisotopic (exact) mass is 353 g/mol. The summed E-state index contributed by atoms with van der Waals surface area (Å²) in [4.78, 5) is 19.5. The number of aromatic nitrogens is 2. The van der Waals surface area contributed by atoms with Crippen LogP contribution >= 0.6 is 0 Å². The van der Waals surface area contributed by atoms with Gasteiger partial charge in [0.25, 0.3) is 5.91 Å². The second-order valence-electron chi connectivity index (χ2n) is 7.51. The number of rotatable bonds is 6. The van der Waals surface area contributed by atoms with E-state index in [2.05, 4.69) is 15.7 Å². The molecule has 1 aliphatic heterocycles. The summed E-state index contributed by atoms with van der Waals surface area (Å²) in [7, 11) is 1.61. The number of methoxy groups -OCH3 is 1. The number of hydrogen-bond acceptors (Lipinski definition) is 3. The minimum absolute atomic E-state index is 0.0680. The van der Waals surface area contributed by atoms with E-state index in [1.54, 1.807) is 7.11 Å². The maximum Gasteiger partial charge on any atom is 0.256 e. The van der Waals surface area contributed by atoms with Crippen molar-refractivity contribution >= 4 is 5.91 Å². The summed E-state index contributed by atoms with van der Waals surface area (Å²) in [6.45, 7) is 2.65. The van der Waals surface area contributed by atoms with Crippen LogP contribution in [0.1, 0.15) is 49.1 Å². The number of carbonyl (C=O) groups is 1. The number of ether oxygens (including phenoxy) is 1. The van der Waals surface area contributed by atoms with Crippen LogP contribution in [0.2, 0.25) is 0 Å². The molecule has 1 aromatic carbocycles. The highest BCUT2D eigenvalue weighted by atomic mass is 16.5. The van der Waals surface area contributed by atoms with Crippen LogP contribution in [0.5, 0.6) is 0 Å². The quantitative estimate of drug-likeness (QED) is 0.800. The van der Waals surface area contributed by atoms with E-state index >= 15 is 0 Å². The van der Waals surface area contributed by atoms with Gasteiger partial charge in [-0.3, -0.25) is 4.79 Å². The van der Waals surface area contributed by atoms with Gasteiger partial charge in [-0.1, -0.05) is 30.3 Å². The predicted molar refractivity (Wildman–Crippen MR) is 99.7 cm³/mol. The van der Waals surface area contributed by atoms with Crippen molar-refractivity contribution in [3.63, 3.8) is 0 Å². The molecule has 5 heteroatoms. The van der Waals surface area contributed by atoms with E-state index in [4.69, 9.17) is 4.74 Å². The second kappa shape index (κ2) is 7.62. The third-order valence-corrected chi connectivity index (χ3v) is 5.63. The summed E-state index contributed by atoms with van der Waals surface area (Å²) in [6.07, 6.45) is 8.17. The first-order valence-corrected chi connectivity index (χ1v) is 9.64. The highest BCUT2D eigenvalue weighted by Crippen LogP contribution is 2.34. The van der Waals surface area contributed by atoms with E-state index in [0.29, 0.717) is 5.92 Å². The number of hydrogen-bond donors (Lipinski definition) is 0. The van der Waals surface area contributed by atoms with Crippen LogP contribution in [0.4, 0.5) is 0 Å². The summed E-state index contributed by atoms with van der Waals surface area (Å²) in [5.74, 6) is 2.57. The summed E-state index contributed by atoms with van der Waals surface area (Å²) in [5, 5.41) is 0. The number of amides is 1. The smallest absolute Gasteiger partial charge is 0.256 e. The van der Waals surface area contributed by atoms with Gasteiger partial charge in [0.05, 0.1) is 0 Å². The van der Waals surface area contributed by atoms with Crippen molar-refractivity contribution in [1.29, 1.82) is 0 Å². The van der Waals surface area contributed by atoms with Gasteiger partial charge < -0.3 is 14.2 Å². The number of imidazole rings is 1. The molecule has 1 amide bonds. The van der Waals surface area contributed by atoms with Crippen molar-refractivity contribution in [2.75, 3.05) is 20.2 Å². The number of benzene rings is 1. The SMILES string of the molecule is COC(C(=O)N1CCC(c2nccn2CC2CC2)CC1)c1ccccc1. The minimum atomic E-state index is -0.510. The average molecular weight is 353 g/mol. The molecular weight excluding hydrogens is 326 g/mol. The van der Waals surface area contributed by atoms with E-state index in [-0.39, 0.29) is 5.91 Å². The number of carbonyl (C=O) groups excluding carboxylic acids is 1. The van der Waals surface area contributed by atoms with Crippen molar-refractivity contribution in [2.45, 2.75) is 44.2 Å². The van der Waals surface area contributed by atoms with Crippen LogP contribution in [0.3, 0.4) is 0 Å². The van der Waals surface area contributed by atoms with Gasteiger partial charge in [-0.15, -0.1) is 0 Å². The van der Waals surface area contributed by atoms with Crippen molar-refractivity contribution in [2.24, 2.45) is 5.92 Å². The Kier molecular flexibility index (Phi) is 5.07. The maximum absolute atomic E-state index is 12.9. The second-order valence-corrected chi connectivity index (χ2v) is 7.51. The molecule has 4 rings (SSSR count). The molecule has 0 N–H and O–H groups in total. The molecule has 5 nitrogen and oxygen atoms in total. The molecule has 1 atom stereocenters. The molecule has 1 aromatic heterocycles. The molecule has 1 saturated heterocycles. The molecule has 0 radical (unpaired) electrons. The summed E-state index contributed by atoms with van der Waals surface area (Å²) in [6, 6.07) is 9.75. The number of piperidine rings is 1. The third-order valence-electron chi connectivity index (χ3n) is 5.63. The van der Waals surface area contributed by atoms with Crippen LogP contribution in [-0.4, -0.2) is 40.6 Å². The van der Waals surface area contributed by atoms with Crippen molar-refractivity contribution in [3.8, 4) is 0 Å². The van der Waals surface area contributed by atoms with Crippen LogP contribution in [0.15, 0.2) is 42.7 Å². The first-order chi connectivity index (χ1) is 12.8. The van der Waals surface area contributed by atoms with Crippen LogP contribution < -0.4 is 0 Å². The largest absolute Gasteiger partial charge is 0.367 e. The van der Waals surface area contributed by atoms with Gasteiger partial charge in [-0.2, -0.15) is 0 Å². The lowest BCUT2D eigenvalue weighted by atomic mass is 9.95. The Morgan fingerprint density at radius 2 is 1.92 bits per heavy atom. The molecule has 0 spiro atoms. The summed E-state index contributed by atoms with van der Waals surface area (Å²) >= 11 is 0. The Balaban J connectivity index is 1.38. The normalized spacial score (nSPS) is 19.5. The fourth-order valence-electron chi connectivity index (χ4n) is 3.94. The highest BCUT2D eigenvalue weighted by molar-refractivity contribution is 5.82. The first-order valence-electron chi connectivity index (χ1n) is 9.64. The van der Waals surface area contributed by atoms with E-state index in [0.717, 1.165) is 44.0 Å². The average Bonchev–Trinajstić information content (AvgIpc) is 3.38. The van der Waals surface area contributed by atoms with Gasteiger partial charge >= 0.3 is 0 Å². The Morgan fingerprint density at radius 3 is 2.58 bits per heavy atom. The van der Waals surface area contributed by atoms with E-state index < -0.39 is 6.10 Å². The standard InChI is InChI=1S/C21H27N3O2/c1-26-19(17-5-3-2-4-6-17)21(25)23-12-9-18(10-13-23)20-22-11-14-24(20)15-16-7-8-16/h2-6,11,14,16,18-19H,7-10,12-13,15H2,1H3. The zero-order valence-corrected chi connectivity index (χ0v) is 15.4. The first kappa shape index (κ1) is 17.3. The molecule has 0 bridgehead atoms. The van der Waals surface area contributed by atoms with Crippen molar-refractivity contribution < 1.29 is 9.53 Å². The molecule has 1 unspecified atom stereocenters. The molecule has 1 saturated carbocycles. The van der Waals surface area contributed by atoms with Crippen LogP contribution in [-0.2, 0) is 16.1 Å². The van der Waals surface area contributed by atoms with Gasteiger partial charge in [0.2, 0.25) is 0 Å². The van der Waals surface area contributed by atoms with E-state index in [9.17, 15) is 4.79 Å². The van der Waals surface area contributed by atoms with Crippen molar-refractivity contribution in [3.05, 3.63) is 54.1 Å². The molecular formula is C21H27N3O2. The van der Waals surface area contributed by atoms with Crippen molar-refractivity contribution in [1.82, 2.24) is 14.5 Å². The van der Waals surface area contributed by atoms with Crippen LogP contribution in [0.25, 0.3) is 0 Å². The highest BCUT2D eigenvalue weighted by Gasteiger charge is 2.31. The molecule has 2 aliphatic rings. The molecule has 1 aliphatic carbocycles. The fraction of sp³-hybridized carbons (Fsp3) is 0.524. The van der Waals surface area contributed by atoms with Gasteiger partial charge in [-0.05, 0) is 37.2 Å². The van der Waals surface area contributed by atoms with Gasteiger partial charge in [-0.25, -0.2) is 4.98 Å². The Morgan fingerprint density at radius 1 is 1.19 bits per heavy atom. The van der Waals surface area contributed by atoms with E-state index in [1.165, 1.54) is 18.7 Å². The lowest BCUT2D eigenvalue weighted by molar-refractivity contribution is -0.143. The zero-order chi connectivity index (χ0) is 17.9. The third kappa shape index (κ3) is 3.68. The van der Waals surface area contributed by atoms with Gasteiger partial charge in [0.1, 0.15) is 5.82 Å². The fourth-order valence-corrected chi connectivity index (χ4v) is 3.94. The summed E-state index contributed by atoms with van der Waals surface area (Å²) < 4.78 is 7.85. The molecule has 26 heavy (non-hydrogen) atoms. The lowest BCUT2D eigenvalue weighted by Gasteiger charge is -2.34. The molecule has 2 fully saturated rings. The molecule has 2 heterocycles. The Bertz CT molecular complexity index is 731. The van der Waals surface area contributed by atoms with Crippen LogP contribution in [0, 0.1) is 5.92 Å². The lowest BCUT2D eigenvalue weighted by Crippen LogP contribution is -2.41. The molecule has 138 valence electrons. The number of nitrogens with zero attached hydrogens (tertiary/aromatic N) is 3. The Hall–Kier alpha value is -2.14. The summed E-state index contributed by atoms with van der Waals surface area (Å²) in [5.41, 5.74) is 0.919. The minimum Gasteiger partial charge on any atom is -0.367 e. The van der Waals surface area contributed by atoms with Gasteiger partial charge in [0, 0.05) is 45.1 Å². The molecule has 2 aromatic rings. The Labute approximate surface area is 155 Å². The topological polar surface area (TPSA) is 47.4 Å². The van der Waals surface area contributed by atoms with E-state index in [1.807, 2.05) is 41.4 Å². The zero-order valence-electron chi connectivity index (χ0n) is 15.4. The van der Waals surface area contributed by atoms with Gasteiger partial charge in [0.15, 0.2) is 6.10 Å².